The molecule has 0 amide bonds. The van der Waals surface area contributed by atoms with Gasteiger partial charge in [0.1, 0.15) is 11.6 Å². The van der Waals surface area contributed by atoms with Gasteiger partial charge in [-0.15, -0.1) is 0 Å². The Morgan fingerprint density at radius 3 is 2.45 bits per heavy atom. The third-order valence-corrected chi connectivity index (χ3v) is 3.03. The highest BCUT2D eigenvalue weighted by Gasteiger charge is 2.10. The lowest BCUT2D eigenvalue weighted by atomic mass is 10.1. The van der Waals surface area contributed by atoms with E-state index in [1.165, 1.54) is 16.7 Å². The highest BCUT2D eigenvalue weighted by atomic mass is 19.1. The molecule has 1 heterocycles. The van der Waals surface area contributed by atoms with Gasteiger partial charge in [0.05, 0.1) is 5.69 Å². The van der Waals surface area contributed by atoms with Crippen molar-refractivity contribution in [3.63, 3.8) is 0 Å². The Kier molecular flexibility index (Phi) is 3.16. The molecule has 3 aromatic rings. The van der Waals surface area contributed by atoms with Crippen LogP contribution in [0.15, 0.2) is 59.4 Å². The summed E-state index contributed by atoms with van der Waals surface area (Å²) >= 11 is 0. The lowest BCUT2D eigenvalue weighted by molar-refractivity contribution is 0.627. The number of aromatic nitrogens is 3. The fourth-order valence-electron chi connectivity index (χ4n) is 2.08. The maximum atomic E-state index is 13.0. The first-order valence-corrected chi connectivity index (χ1v) is 6.20. The maximum Gasteiger partial charge on any atom is 0.347 e. The maximum absolute atomic E-state index is 13.0. The molecule has 0 radical (unpaired) electrons. The molecule has 2 aromatic carbocycles. The molecule has 0 fully saturated rings. The Balaban J connectivity index is 2.02. The normalized spacial score (nSPS) is 10.7. The van der Waals surface area contributed by atoms with E-state index in [0.29, 0.717) is 17.9 Å². The number of H-pyrrole nitrogens is 1. The van der Waals surface area contributed by atoms with Crippen LogP contribution in [0.25, 0.3) is 5.69 Å². The molecule has 0 saturated heterocycles. The summed E-state index contributed by atoms with van der Waals surface area (Å²) in [6.45, 7) is 0. The van der Waals surface area contributed by atoms with Crippen LogP contribution in [-0.4, -0.2) is 14.8 Å². The molecule has 0 spiro atoms. The van der Waals surface area contributed by atoms with Crippen molar-refractivity contribution < 1.29 is 4.39 Å². The van der Waals surface area contributed by atoms with Gasteiger partial charge in [0, 0.05) is 6.42 Å². The molecule has 0 bridgehead atoms. The molecule has 5 heteroatoms. The number of hydrogen-bond acceptors (Lipinski definition) is 2. The largest absolute Gasteiger partial charge is 0.347 e. The van der Waals surface area contributed by atoms with Crippen LogP contribution in [0.5, 0.6) is 0 Å². The van der Waals surface area contributed by atoms with E-state index >= 15 is 0 Å². The van der Waals surface area contributed by atoms with Crippen LogP contribution in [0, 0.1) is 5.82 Å². The SMILES string of the molecule is O=c1[nH]nc(Cc2ccccc2)n1-c1ccc(F)cc1. The zero-order valence-electron chi connectivity index (χ0n) is 10.6. The van der Waals surface area contributed by atoms with Gasteiger partial charge in [0.25, 0.3) is 0 Å². The van der Waals surface area contributed by atoms with Crippen molar-refractivity contribution in [3.05, 3.63) is 82.3 Å². The van der Waals surface area contributed by atoms with E-state index in [0.717, 1.165) is 5.56 Å². The van der Waals surface area contributed by atoms with Crippen molar-refractivity contribution in [3.8, 4) is 5.69 Å². The molecule has 20 heavy (non-hydrogen) atoms. The fourth-order valence-corrected chi connectivity index (χ4v) is 2.08. The molecular weight excluding hydrogens is 257 g/mol. The molecule has 3 rings (SSSR count). The van der Waals surface area contributed by atoms with Crippen LogP contribution in [-0.2, 0) is 6.42 Å². The minimum absolute atomic E-state index is 0.331. The highest BCUT2D eigenvalue weighted by molar-refractivity contribution is 5.33. The summed E-state index contributed by atoms with van der Waals surface area (Å²) < 4.78 is 14.4. The van der Waals surface area contributed by atoms with Gasteiger partial charge >= 0.3 is 5.69 Å². The summed E-state index contributed by atoms with van der Waals surface area (Å²) in [5, 5.41) is 6.48. The summed E-state index contributed by atoms with van der Waals surface area (Å²) in [7, 11) is 0. The van der Waals surface area contributed by atoms with Crippen molar-refractivity contribution in [2.24, 2.45) is 0 Å². The molecule has 0 aliphatic rings. The van der Waals surface area contributed by atoms with Gasteiger partial charge in [0.2, 0.25) is 0 Å². The van der Waals surface area contributed by atoms with Crippen molar-refractivity contribution in [1.29, 1.82) is 0 Å². The standard InChI is InChI=1S/C15H12FN3O/c16-12-6-8-13(9-7-12)19-14(17-18-15(19)20)10-11-4-2-1-3-5-11/h1-9H,10H2,(H,18,20). The summed E-state index contributed by atoms with van der Waals surface area (Å²) in [5.74, 6) is 0.253. The monoisotopic (exact) mass is 269 g/mol. The van der Waals surface area contributed by atoms with Crippen molar-refractivity contribution >= 4 is 0 Å². The van der Waals surface area contributed by atoms with Gasteiger partial charge < -0.3 is 0 Å². The van der Waals surface area contributed by atoms with E-state index < -0.39 is 0 Å². The Labute approximate surface area is 114 Å². The zero-order valence-corrected chi connectivity index (χ0v) is 10.6. The molecule has 0 aliphatic carbocycles. The van der Waals surface area contributed by atoms with E-state index in [1.54, 1.807) is 12.1 Å². The number of rotatable bonds is 3. The van der Waals surface area contributed by atoms with Gasteiger partial charge in [-0.2, -0.15) is 5.10 Å². The summed E-state index contributed by atoms with van der Waals surface area (Å²) in [5.41, 5.74) is 1.31. The van der Waals surface area contributed by atoms with E-state index in [2.05, 4.69) is 10.2 Å². The molecule has 0 saturated carbocycles. The Morgan fingerprint density at radius 2 is 1.75 bits per heavy atom. The zero-order chi connectivity index (χ0) is 13.9. The molecule has 0 unspecified atom stereocenters. The summed E-state index contributed by atoms with van der Waals surface area (Å²) in [4.78, 5) is 11.9. The highest BCUT2D eigenvalue weighted by Crippen LogP contribution is 2.11. The molecule has 0 atom stereocenters. The first kappa shape index (κ1) is 12.3. The van der Waals surface area contributed by atoms with Crippen molar-refractivity contribution in [2.45, 2.75) is 6.42 Å². The quantitative estimate of drug-likeness (QED) is 0.793. The van der Waals surface area contributed by atoms with Gasteiger partial charge in [-0.25, -0.2) is 18.9 Å². The fraction of sp³-hybridized carbons (Fsp3) is 0.0667. The van der Waals surface area contributed by atoms with Gasteiger partial charge in [-0.3, -0.25) is 0 Å². The lowest BCUT2D eigenvalue weighted by Crippen LogP contribution is -2.17. The third kappa shape index (κ3) is 2.38. The van der Waals surface area contributed by atoms with Crippen LogP contribution in [0.3, 0.4) is 0 Å². The second-order valence-corrected chi connectivity index (χ2v) is 4.42. The van der Waals surface area contributed by atoms with E-state index in [4.69, 9.17) is 0 Å². The predicted octanol–water partition coefficient (Wildman–Crippen LogP) is 2.29. The third-order valence-electron chi connectivity index (χ3n) is 3.03. The van der Waals surface area contributed by atoms with Crippen LogP contribution in [0.4, 0.5) is 4.39 Å². The number of aromatic amines is 1. The molecule has 1 N–H and O–H groups in total. The van der Waals surface area contributed by atoms with Gasteiger partial charge in [-0.1, -0.05) is 30.3 Å². The summed E-state index contributed by atoms with van der Waals surface area (Å²) in [6, 6.07) is 15.5. The lowest BCUT2D eigenvalue weighted by Gasteiger charge is -2.05. The number of benzene rings is 2. The van der Waals surface area contributed by atoms with E-state index in [9.17, 15) is 9.18 Å². The van der Waals surface area contributed by atoms with Crippen LogP contribution >= 0.6 is 0 Å². The molecule has 4 nitrogen and oxygen atoms in total. The van der Waals surface area contributed by atoms with Crippen LogP contribution in [0.2, 0.25) is 0 Å². The second-order valence-electron chi connectivity index (χ2n) is 4.42. The number of nitrogens with zero attached hydrogens (tertiary/aromatic N) is 2. The Bertz CT molecular complexity index is 760. The number of halogens is 1. The first-order valence-electron chi connectivity index (χ1n) is 6.20. The predicted molar refractivity (Wildman–Crippen MR) is 73.4 cm³/mol. The topological polar surface area (TPSA) is 50.7 Å². The molecular formula is C15H12FN3O. The molecule has 0 aliphatic heterocycles. The number of nitrogens with one attached hydrogen (secondary N) is 1. The van der Waals surface area contributed by atoms with E-state index in [1.807, 2.05) is 30.3 Å². The Hall–Kier alpha value is -2.69. The van der Waals surface area contributed by atoms with Crippen molar-refractivity contribution in [1.82, 2.24) is 14.8 Å². The van der Waals surface area contributed by atoms with Crippen LogP contribution in [0.1, 0.15) is 11.4 Å². The average molecular weight is 269 g/mol. The van der Waals surface area contributed by atoms with E-state index in [-0.39, 0.29) is 11.5 Å². The first-order chi connectivity index (χ1) is 9.74. The molecule has 100 valence electrons. The summed E-state index contributed by atoms with van der Waals surface area (Å²) in [6.07, 6.45) is 0.525. The van der Waals surface area contributed by atoms with Gasteiger partial charge in [-0.05, 0) is 29.8 Å². The smallest absolute Gasteiger partial charge is 0.247 e. The second kappa shape index (κ2) is 5.13. The average Bonchev–Trinajstić information content (AvgIpc) is 2.82. The minimum atomic E-state index is -0.338. The molecule has 1 aromatic heterocycles. The Morgan fingerprint density at radius 1 is 1.05 bits per heavy atom. The van der Waals surface area contributed by atoms with Crippen molar-refractivity contribution in [2.75, 3.05) is 0 Å². The minimum Gasteiger partial charge on any atom is -0.247 e. The van der Waals surface area contributed by atoms with Crippen LogP contribution < -0.4 is 5.69 Å². The number of hydrogen-bond donors (Lipinski definition) is 1. The van der Waals surface area contributed by atoms with Gasteiger partial charge in [0.15, 0.2) is 0 Å².